The number of aromatic nitrogens is 2. The van der Waals surface area contributed by atoms with Gasteiger partial charge in [0.1, 0.15) is 5.82 Å². The number of halogens is 2. The van der Waals surface area contributed by atoms with E-state index in [1.165, 1.54) is 0 Å². The number of nitrogens with zero attached hydrogens (tertiary/aromatic N) is 1. The van der Waals surface area contributed by atoms with Gasteiger partial charge in [0.25, 0.3) is 0 Å². The third-order valence-electron chi connectivity index (χ3n) is 2.25. The molecule has 1 aromatic heterocycles. The zero-order chi connectivity index (χ0) is 11.0. The van der Waals surface area contributed by atoms with Crippen molar-refractivity contribution in [1.29, 1.82) is 0 Å². The molecule has 1 heterocycles. The van der Waals surface area contributed by atoms with Gasteiger partial charge in [-0.15, -0.1) is 0 Å². The van der Waals surface area contributed by atoms with E-state index in [9.17, 15) is 0 Å². The summed E-state index contributed by atoms with van der Waals surface area (Å²) in [6, 6.07) is 5.59. The lowest BCUT2D eigenvalue weighted by molar-refractivity contribution is 1.10. The summed E-state index contributed by atoms with van der Waals surface area (Å²) in [6.45, 7) is 1.92. The lowest BCUT2D eigenvalue weighted by atomic mass is 10.1. The number of hydrogen-bond acceptors (Lipinski definition) is 2. The van der Waals surface area contributed by atoms with Gasteiger partial charge in [0.2, 0.25) is 0 Å². The predicted octanol–water partition coefficient (Wildman–Crippen LogP) is 3.38. The van der Waals surface area contributed by atoms with Crippen LogP contribution < -0.4 is 5.73 Å². The molecular formula is C10H9BrClN3. The number of aromatic amines is 1. The molecule has 15 heavy (non-hydrogen) atoms. The molecule has 5 heteroatoms. The second-order valence-electron chi connectivity index (χ2n) is 3.23. The van der Waals surface area contributed by atoms with Crippen LogP contribution in [-0.2, 0) is 0 Å². The summed E-state index contributed by atoms with van der Waals surface area (Å²) in [6.07, 6.45) is 0. The van der Waals surface area contributed by atoms with Crippen LogP contribution in [0.3, 0.4) is 0 Å². The smallest absolute Gasteiger partial charge is 0.148 e. The van der Waals surface area contributed by atoms with Crippen molar-refractivity contribution < 1.29 is 0 Å². The Labute approximate surface area is 101 Å². The van der Waals surface area contributed by atoms with Crippen molar-refractivity contribution in [2.24, 2.45) is 0 Å². The SMILES string of the molecule is Cc1c(N)n[nH]c1-c1cc(Cl)ccc1Br. The summed E-state index contributed by atoms with van der Waals surface area (Å²) in [5.74, 6) is 0.511. The fourth-order valence-corrected chi connectivity index (χ4v) is 1.98. The van der Waals surface area contributed by atoms with Gasteiger partial charge < -0.3 is 5.73 Å². The van der Waals surface area contributed by atoms with Gasteiger partial charge in [0, 0.05) is 20.6 Å². The van der Waals surface area contributed by atoms with Crippen molar-refractivity contribution >= 4 is 33.3 Å². The molecule has 0 saturated heterocycles. The van der Waals surface area contributed by atoms with Gasteiger partial charge in [-0.3, -0.25) is 5.10 Å². The zero-order valence-corrected chi connectivity index (χ0v) is 10.4. The lowest BCUT2D eigenvalue weighted by Gasteiger charge is -2.03. The third-order valence-corrected chi connectivity index (χ3v) is 3.17. The molecule has 0 unspecified atom stereocenters. The first-order valence-corrected chi connectivity index (χ1v) is 5.52. The second kappa shape index (κ2) is 3.87. The van der Waals surface area contributed by atoms with Crippen LogP contribution in [-0.4, -0.2) is 10.2 Å². The number of benzene rings is 1. The Morgan fingerprint density at radius 2 is 2.20 bits per heavy atom. The molecule has 0 bridgehead atoms. The van der Waals surface area contributed by atoms with E-state index in [-0.39, 0.29) is 0 Å². The van der Waals surface area contributed by atoms with Crippen LogP contribution in [0.5, 0.6) is 0 Å². The Kier molecular flexibility index (Phi) is 2.71. The molecule has 0 atom stereocenters. The summed E-state index contributed by atoms with van der Waals surface area (Å²) in [4.78, 5) is 0. The number of rotatable bonds is 1. The first kappa shape index (κ1) is 10.5. The Bertz CT molecular complexity index is 507. The van der Waals surface area contributed by atoms with E-state index in [1.807, 2.05) is 25.1 Å². The number of nitrogens with two attached hydrogens (primary N) is 1. The lowest BCUT2D eigenvalue weighted by Crippen LogP contribution is -1.87. The number of H-pyrrole nitrogens is 1. The van der Waals surface area contributed by atoms with Crippen molar-refractivity contribution in [3.8, 4) is 11.3 Å². The molecule has 0 fully saturated rings. The fourth-order valence-electron chi connectivity index (χ4n) is 1.36. The Morgan fingerprint density at radius 1 is 1.47 bits per heavy atom. The van der Waals surface area contributed by atoms with Gasteiger partial charge in [-0.05, 0) is 25.1 Å². The van der Waals surface area contributed by atoms with Crippen LogP contribution in [0.1, 0.15) is 5.56 Å². The maximum Gasteiger partial charge on any atom is 0.148 e. The van der Waals surface area contributed by atoms with Crippen LogP contribution in [0.2, 0.25) is 5.02 Å². The molecular weight excluding hydrogens is 277 g/mol. The summed E-state index contributed by atoms with van der Waals surface area (Å²) in [7, 11) is 0. The van der Waals surface area contributed by atoms with Crippen LogP contribution in [0.15, 0.2) is 22.7 Å². The molecule has 3 N–H and O–H groups in total. The minimum absolute atomic E-state index is 0.511. The highest BCUT2D eigenvalue weighted by atomic mass is 79.9. The molecule has 0 amide bonds. The van der Waals surface area contributed by atoms with Crippen molar-refractivity contribution in [3.05, 3.63) is 33.3 Å². The van der Waals surface area contributed by atoms with Gasteiger partial charge in [-0.25, -0.2) is 0 Å². The maximum atomic E-state index is 5.94. The van der Waals surface area contributed by atoms with Crippen molar-refractivity contribution in [2.75, 3.05) is 5.73 Å². The highest BCUT2D eigenvalue weighted by molar-refractivity contribution is 9.10. The van der Waals surface area contributed by atoms with E-state index < -0.39 is 0 Å². The zero-order valence-electron chi connectivity index (χ0n) is 8.01. The number of nitrogen functional groups attached to an aromatic ring is 1. The van der Waals surface area contributed by atoms with Crippen molar-refractivity contribution in [1.82, 2.24) is 10.2 Å². The largest absolute Gasteiger partial charge is 0.382 e. The topological polar surface area (TPSA) is 54.7 Å². The molecule has 0 saturated carbocycles. The van der Waals surface area contributed by atoms with Gasteiger partial charge >= 0.3 is 0 Å². The van der Waals surface area contributed by atoms with E-state index in [1.54, 1.807) is 0 Å². The minimum atomic E-state index is 0.511. The Morgan fingerprint density at radius 3 is 2.80 bits per heavy atom. The standard InChI is InChI=1S/C10H9BrClN3/c1-5-9(14-15-10(5)13)7-4-6(12)2-3-8(7)11/h2-4H,1H3,(H3,13,14,15). The number of anilines is 1. The molecule has 1 aromatic carbocycles. The van der Waals surface area contributed by atoms with Crippen molar-refractivity contribution in [2.45, 2.75) is 6.92 Å². The highest BCUT2D eigenvalue weighted by Gasteiger charge is 2.11. The molecule has 0 aliphatic carbocycles. The third kappa shape index (κ3) is 1.87. The first-order chi connectivity index (χ1) is 7.09. The summed E-state index contributed by atoms with van der Waals surface area (Å²) in [5.41, 5.74) is 8.46. The average molecular weight is 287 g/mol. The molecule has 0 aliphatic rings. The van der Waals surface area contributed by atoms with Gasteiger partial charge in [-0.1, -0.05) is 27.5 Å². The van der Waals surface area contributed by atoms with Crippen LogP contribution in [0.4, 0.5) is 5.82 Å². The summed E-state index contributed by atoms with van der Waals surface area (Å²) in [5, 5.41) is 7.53. The average Bonchev–Trinajstić information content (AvgIpc) is 2.52. The first-order valence-electron chi connectivity index (χ1n) is 4.35. The molecule has 0 radical (unpaired) electrons. The van der Waals surface area contributed by atoms with E-state index in [0.29, 0.717) is 10.8 Å². The van der Waals surface area contributed by atoms with Gasteiger partial charge in [-0.2, -0.15) is 5.10 Å². The minimum Gasteiger partial charge on any atom is -0.382 e. The van der Waals surface area contributed by atoms with E-state index in [0.717, 1.165) is 21.3 Å². The highest BCUT2D eigenvalue weighted by Crippen LogP contribution is 2.32. The predicted molar refractivity (Wildman–Crippen MR) is 65.9 cm³/mol. The normalized spacial score (nSPS) is 10.6. The number of nitrogens with one attached hydrogen (secondary N) is 1. The Hall–Kier alpha value is -1.000. The monoisotopic (exact) mass is 285 g/mol. The van der Waals surface area contributed by atoms with E-state index in [4.69, 9.17) is 17.3 Å². The molecule has 78 valence electrons. The fraction of sp³-hybridized carbons (Fsp3) is 0.100. The molecule has 2 aromatic rings. The maximum absolute atomic E-state index is 5.94. The number of hydrogen-bond donors (Lipinski definition) is 2. The second-order valence-corrected chi connectivity index (χ2v) is 4.52. The summed E-state index contributed by atoms with van der Waals surface area (Å²) >= 11 is 9.40. The van der Waals surface area contributed by atoms with Crippen molar-refractivity contribution in [3.63, 3.8) is 0 Å². The van der Waals surface area contributed by atoms with Gasteiger partial charge in [0.05, 0.1) is 5.69 Å². The summed E-state index contributed by atoms with van der Waals surface area (Å²) < 4.78 is 0.957. The van der Waals surface area contributed by atoms with Gasteiger partial charge in [0.15, 0.2) is 0 Å². The molecule has 2 rings (SSSR count). The quantitative estimate of drug-likeness (QED) is 0.844. The van der Waals surface area contributed by atoms with Crippen LogP contribution >= 0.6 is 27.5 Å². The van der Waals surface area contributed by atoms with Crippen LogP contribution in [0, 0.1) is 6.92 Å². The Balaban J connectivity index is 2.63. The molecule has 3 nitrogen and oxygen atoms in total. The molecule has 0 spiro atoms. The van der Waals surface area contributed by atoms with Crippen LogP contribution in [0.25, 0.3) is 11.3 Å². The van der Waals surface area contributed by atoms with E-state index in [2.05, 4.69) is 26.1 Å². The molecule has 0 aliphatic heterocycles. The van der Waals surface area contributed by atoms with E-state index >= 15 is 0 Å².